The Balaban J connectivity index is 2.64. The Morgan fingerprint density at radius 1 is 1.71 bits per heavy atom. The lowest BCUT2D eigenvalue weighted by Crippen LogP contribution is -2.04. The van der Waals surface area contributed by atoms with E-state index in [0.717, 1.165) is 6.20 Å². The molecule has 1 heterocycles. The summed E-state index contributed by atoms with van der Waals surface area (Å²) in [6.07, 6.45) is 0.748. The second kappa shape index (κ2) is 3.73. The van der Waals surface area contributed by atoms with Gasteiger partial charge in [-0.1, -0.05) is 0 Å². The maximum atomic E-state index is 12.6. The normalized spacial score (nSPS) is 11.6. The van der Waals surface area contributed by atoms with Crippen molar-refractivity contribution in [2.75, 3.05) is 0 Å². The van der Waals surface area contributed by atoms with Crippen molar-refractivity contribution in [1.82, 2.24) is 4.98 Å². The predicted octanol–water partition coefficient (Wildman–Crippen LogP) is 1.80. The van der Waals surface area contributed by atoms with Crippen LogP contribution in [0.5, 0.6) is 0 Å². The molecular weight excluding hydrogens is 196 g/mol. The van der Waals surface area contributed by atoms with Crippen LogP contribution in [-0.4, -0.2) is 16.1 Å². The summed E-state index contributed by atoms with van der Waals surface area (Å²) in [4.78, 5) is 13.7. The van der Waals surface area contributed by atoms with Crippen molar-refractivity contribution >= 4 is 5.97 Å². The Kier molecular flexibility index (Phi) is 2.83. The molecule has 1 aromatic rings. The molecule has 0 saturated heterocycles. The summed E-state index contributed by atoms with van der Waals surface area (Å²) in [5.41, 5.74) is 0. The van der Waals surface area contributed by atoms with Gasteiger partial charge in [0.25, 0.3) is 0 Å². The largest absolute Gasteiger partial charge is 0.481 e. The van der Waals surface area contributed by atoms with Crippen molar-refractivity contribution in [3.05, 3.63) is 17.8 Å². The van der Waals surface area contributed by atoms with Crippen LogP contribution in [0.4, 0.5) is 8.78 Å². The Hall–Kier alpha value is -1.46. The van der Waals surface area contributed by atoms with Gasteiger partial charge in [-0.05, 0) is 0 Å². The number of carboxylic acids is 1. The number of hydrogen-bond donors (Lipinski definition) is 1. The van der Waals surface area contributed by atoms with E-state index in [1.165, 1.54) is 0 Å². The maximum absolute atomic E-state index is 12.6. The van der Waals surface area contributed by atoms with E-state index in [1.54, 1.807) is 0 Å². The zero-order valence-corrected chi connectivity index (χ0v) is 7.46. The molecule has 78 valence electrons. The molecular formula is C8H9F2NO3. The third-order valence-corrected chi connectivity index (χ3v) is 1.54. The van der Waals surface area contributed by atoms with E-state index in [2.05, 4.69) is 9.40 Å². The van der Waals surface area contributed by atoms with E-state index in [1.807, 2.05) is 0 Å². The minimum atomic E-state index is -3.07. The second-order valence-electron chi connectivity index (χ2n) is 2.90. The average Bonchev–Trinajstić information content (AvgIpc) is 2.47. The number of hydrogen-bond acceptors (Lipinski definition) is 3. The SMILES string of the molecule is CC(F)(F)c1cnc(CCC(=O)O)o1. The molecule has 0 bridgehead atoms. The van der Waals surface area contributed by atoms with Gasteiger partial charge in [-0.2, -0.15) is 8.78 Å². The summed E-state index contributed by atoms with van der Waals surface area (Å²) in [5.74, 6) is -4.62. The number of halogens is 2. The molecule has 0 aromatic carbocycles. The number of carbonyl (C=O) groups is 1. The van der Waals surface area contributed by atoms with Gasteiger partial charge in [0.1, 0.15) is 0 Å². The van der Waals surface area contributed by atoms with E-state index in [9.17, 15) is 13.6 Å². The molecule has 0 unspecified atom stereocenters. The number of rotatable bonds is 4. The van der Waals surface area contributed by atoms with Gasteiger partial charge in [0, 0.05) is 13.3 Å². The van der Waals surface area contributed by atoms with Crippen molar-refractivity contribution in [2.24, 2.45) is 0 Å². The van der Waals surface area contributed by atoms with Crippen LogP contribution in [0.1, 0.15) is 25.0 Å². The summed E-state index contributed by atoms with van der Waals surface area (Å²) < 4.78 is 29.9. The van der Waals surface area contributed by atoms with E-state index in [-0.39, 0.29) is 18.7 Å². The van der Waals surface area contributed by atoms with Crippen molar-refractivity contribution in [1.29, 1.82) is 0 Å². The molecule has 0 atom stereocenters. The van der Waals surface area contributed by atoms with Crippen LogP contribution in [0.15, 0.2) is 10.6 Å². The Bertz CT molecular complexity index is 330. The van der Waals surface area contributed by atoms with Gasteiger partial charge >= 0.3 is 11.9 Å². The van der Waals surface area contributed by atoms with Gasteiger partial charge in [0.2, 0.25) is 0 Å². The molecule has 0 aliphatic rings. The Labute approximate surface area is 78.6 Å². The maximum Gasteiger partial charge on any atom is 0.303 e. The summed E-state index contributed by atoms with van der Waals surface area (Å²) in [5, 5.41) is 8.32. The lowest BCUT2D eigenvalue weighted by molar-refractivity contribution is -0.137. The third-order valence-electron chi connectivity index (χ3n) is 1.54. The summed E-state index contributed by atoms with van der Waals surface area (Å²) in [6, 6.07) is 0. The number of aliphatic carboxylic acids is 1. The minimum Gasteiger partial charge on any atom is -0.481 e. The van der Waals surface area contributed by atoms with Crippen LogP contribution in [0.3, 0.4) is 0 Å². The summed E-state index contributed by atoms with van der Waals surface area (Å²) in [7, 11) is 0. The van der Waals surface area contributed by atoms with Crippen LogP contribution in [0.2, 0.25) is 0 Å². The molecule has 0 fully saturated rings. The number of aromatic nitrogens is 1. The van der Waals surface area contributed by atoms with Crippen LogP contribution < -0.4 is 0 Å². The number of nitrogens with zero attached hydrogens (tertiary/aromatic N) is 1. The van der Waals surface area contributed by atoms with E-state index >= 15 is 0 Å². The highest BCUT2D eigenvalue weighted by molar-refractivity contribution is 5.66. The van der Waals surface area contributed by atoms with Crippen LogP contribution in [0, 0.1) is 0 Å². The average molecular weight is 205 g/mol. The number of oxazole rings is 1. The fraction of sp³-hybridized carbons (Fsp3) is 0.500. The zero-order chi connectivity index (χ0) is 10.8. The minimum absolute atomic E-state index is 0.0175. The molecule has 14 heavy (non-hydrogen) atoms. The monoisotopic (exact) mass is 205 g/mol. The molecule has 0 saturated carbocycles. The van der Waals surface area contributed by atoms with Gasteiger partial charge in [0.15, 0.2) is 11.7 Å². The van der Waals surface area contributed by atoms with Crippen molar-refractivity contribution in [3.63, 3.8) is 0 Å². The van der Waals surface area contributed by atoms with Crippen LogP contribution in [-0.2, 0) is 17.1 Å². The number of alkyl halides is 2. The lowest BCUT2D eigenvalue weighted by atomic mass is 10.3. The van der Waals surface area contributed by atoms with Crippen molar-refractivity contribution in [2.45, 2.75) is 25.7 Å². The first-order chi connectivity index (χ1) is 6.39. The lowest BCUT2D eigenvalue weighted by Gasteiger charge is -2.03. The first kappa shape index (κ1) is 10.6. The van der Waals surface area contributed by atoms with Gasteiger partial charge in [0.05, 0.1) is 12.6 Å². The third kappa shape index (κ3) is 2.79. The van der Waals surface area contributed by atoms with Gasteiger partial charge in [-0.3, -0.25) is 4.79 Å². The quantitative estimate of drug-likeness (QED) is 0.814. The first-order valence-electron chi connectivity index (χ1n) is 3.94. The van der Waals surface area contributed by atoms with Gasteiger partial charge in [-0.25, -0.2) is 4.98 Å². The Morgan fingerprint density at radius 3 is 2.79 bits per heavy atom. The fourth-order valence-electron chi connectivity index (χ4n) is 0.843. The van der Waals surface area contributed by atoms with Crippen molar-refractivity contribution in [3.8, 4) is 0 Å². The highest BCUT2D eigenvalue weighted by Gasteiger charge is 2.29. The summed E-state index contributed by atoms with van der Waals surface area (Å²) in [6.45, 7) is 0.689. The molecule has 0 aliphatic carbocycles. The second-order valence-corrected chi connectivity index (χ2v) is 2.90. The summed E-state index contributed by atoms with van der Waals surface area (Å²) >= 11 is 0. The molecule has 4 nitrogen and oxygen atoms in total. The zero-order valence-electron chi connectivity index (χ0n) is 7.46. The molecule has 1 rings (SSSR count). The molecule has 1 aromatic heterocycles. The highest BCUT2D eigenvalue weighted by atomic mass is 19.3. The molecule has 0 amide bonds. The van der Waals surface area contributed by atoms with Crippen LogP contribution >= 0.6 is 0 Å². The highest BCUT2D eigenvalue weighted by Crippen LogP contribution is 2.27. The predicted molar refractivity (Wildman–Crippen MR) is 42.0 cm³/mol. The Morgan fingerprint density at radius 2 is 2.36 bits per heavy atom. The van der Waals surface area contributed by atoms with E-state index < -0.39 is 17.7 Å². The van der Waals surface area contributed by atoms with Gasteiger partial charge in [-0.15, -0.1) is 0 Å². The van der Waals surface area contributed by atoms with E-state index in [0.29, 0.717) is 6.92 Å². The molecule has 1 N–H and O–H groups in total. The fourth-order valence-corrected chi connectivity index (χ4v) is 0.843. The van der Waals surface area contributed by atoms with Crippen molar-refractivity contribution < 1.29 is 23.1 Å². The van der Waals surface area contributed by atoms with E-state index in [4.69, 9.17) is 5.11 Å². The van der Waals surface area contributed by atoms with Gasteiger partial charge < -0.3 is 9.52 Å². The number of aryl methyl sites for hydroxylation is 1. The first-order valence-corrected chi connectivity index (χ1v) is 3.94. The van der Waals surface area contributed by atoms with Crippen LogP contribution in [0.25, 0.3) is 0 Å². The molecule has 0 spiro atoms. The number of carboxylic acid groups (broad SMARTS) is 1. The smallest absolute Gasteiger partial charge is 0.303 e. The molecule has 0 aliphatic heterocycles. The standard InChI is InChI=1S/C8H9F2NO3/c1-8(9,10)5-4-11-6(14-5)2-3-7(12)13/h4H,2-3H2,1H3,(H,12,13). The topological polar surface area (TPSA) is 63.3 Å². The molecule has 6 heteroatoms. The molecule has 0 radical (unpaired) electrons.